The highest BCUT2D eigenvalue weighted by molar-refractivity contribution is 7.89. The highest BCUT2D eigenvalue weighted by atomic mass is 32.2. The Bertz CT molecular complexity index is 974. The molecule has 3 heterocycles. The molecule has 0 spiro atoms. The maximum absolute atomic E-state index is 13.9. The maximum atomic E-state index is 13.9. The van der Waals surface area contributed by atoms with Crippen LogP contribution in [0, 0.1) is 11.6 Å². The molecular formula is C20H24F2N4O3S. The Balaban J connectivity index is 1.36. The number of piperazine rings is 1. The van der Waals surface area contributed by atoms with Gasteiger partial charge in [0, 0.05) is 57.6 Å². The summed E-state index contributed by atoms with van der Waals surface area (Å²) in [5.74, 6) is -0.923. The van der Waals surface area contributed by atoms with E-state index < -0.39 is 21.7 Å². The molecule has 0 N–H and O–H groups in total. The molecule has 0 atom stereocenters. The zero-order valence-electron chi connectivity index (χ0n) is 16.5. The van der Waals surface area contributed by atoms with Crippen molar-refractivity contribution in [3.8, 4) is 0 Å². The third-order valence-corrected chi connectivity index (χ3v) is 7.33. The van der Waals surface area contributed by atoms with Crippen molar-refractivity contribution >= 4 is 15.8 Å². The van der Waals surface area contributed by atoms with Crippen molar-refractivity contribution in [3.63, 3.8) is 0 Å². The second-order valence-corrected chi connectivity index (χ2v) is 9.28. The van der Waals surface area contributed by atoms with E-state index in [4.69, 9.17) is 4.74 Å². The lowest BCUT2D eigenvalue weighted by molar-refractivity contribution is 0.0730. The van der Waals surface area contributed by atoms with Gasteiger partial charge < -0.3 is 9.64 Å². The Kier molecular flexibility index (Phi) is 6.28. The first-order chi connectivity index (χ1) is 14.4. The lowest BCUT2D eigenvalue weighted by Crippen LogP contribution is -2.46. The number of anilines is 1. The first-order valence-electron chi connectivity index (χ1n) is 9.89. The zero-order valence-corrected chi connectivity index (χ0v) is 17.3. The van der Waals surface area contributed by atoms with Gasteiger partial charge in [0.15, 0.2) is 11.6 Å². The fourth-order valence-corrected chi connectivity index (χ4v) is 5.05. The van der Waals surface area contributed by atoms with Crippen molar-refractivity contribution < 1.29 is 21.9 Å². The quantitative estimate of drug-likeness (QED) is 0.708. The second-order valence-electron chi connectivity index (χ2n) is 7.34. The van der Waals surface area contributed by atoms with Gasteiger partial charge in [-0.05, 0) is 18.2 Å². The van der Waals surface area contributed by atoms with E-state index in [2.05, 4.69) is 14.8 Å². The van der Waals surface area contributed by atoms with Gasteiger partial charge >= 0.3 is 0 Å². The molecule has 0 saturated carbocycles. The molecule has 10 heteroatoms. The molecule has 2 fully saturated rings. The Hall–Kier alpha value is -2.14. The molecule has 2 aromatic rings. The number of hydrogen-bond acceptors (Lipinski definition) is 6. The number of morpholine rings is 1. The Labute approximate surface area is 174 Å². The molecule has 2 saturated heterocycles. The normalized spacial score (nSPS) is 19.2. The van der Waals surface area contributed by atoms with E-state index in [9.17, 15) is 17.2 Å². The fourth-order valence-electron chi connectivity index (χ4n) is 3.69. The number of benzene rings is 1. The Morgan fingerprint density at radius 1 is 0.967 bits per heavy atom. The highest BCUT2D eigenvalue weighted by Crippen LogP contribution is 2.21. The number of pyridine rings is 1. The van der Waals surface area contributed by atoms with Crippen LogP contribution in [0.25, 0.3) is 0 Å². The summed E-state index contributed by atoms with van der Waals surface area (Å²) in [5, 5.41) is 0. The zero-order chi connectivity index (χ0) is 21.1. The summed E-state index contributed by atoms with van der Waals surface area (Å²) in [7, 11) is -3.56. The molecule has 162 valence electrons. The SMILES string of the molecule is O=S(=O)(c1ccc(N2CCN(Cc3cccc(F)c3F)CC2)nc1)N1CCOCC1. The minimum atomic E-state index is -3.56. The number of rotatable bonds is 5. The number of nitrogens with zero attached hydrogens (tertiary/aromatic N) is 4. The molecule has 4 rings (SSSR count). The van der Waals surface area contributed by atoms with Crippen LogP contribution in [-0.4, -0.2) is 75.1 Å². The molecule has 0 radical (unpaired) electrons. The van der Waals surface area contributed by atoms with Gasteiger partial charge in [0.2, 0.25) is 10.0 Å². The van der Waals surface area contributed by atoms with Crippen molar-refractivity contribution in [1.29, 1.82) is 0 Å². The van der Waals surface area contributed by atoms with Crippen LogP contribution in [0.1, 0.15) is 5.56 Å². The van der Waals surface area contributed by atoms with Crippen LogP contribution < -0.4 is 4.90 Å². The minimum absolute atomic E-state index is 0.174. The molecule has 1 aromatic carbocycles. The molecular weight excluding hydrogens is 414 g/mol. The van der Waals surface area contributed by atoms with Gasteiger partial charge in [-0.2, -0.15) is 4.31 Å². The van der Waals surface area contributed by atoms with Gasteiger partial charge in [0.25, 0.3) is 0 Å². The van der Waals surface area contributed by atoms with E-state index in [-0.39, 0.29) is 4.90 Å². The van der Waals surface area contributed by atoms with E-state index in [1.807, 2.05) is 0 Å². The van der Waals surface area contributed by atoms with Crippen molar-refractivity contribution in [3.05, 3.63) is 53.7 Å². The number of hydrogen-bond donors (Lipinski definition) is 0. The van der Waals surface area contributed by atoms with Crippen molar-refractivity contribution in [2.45, 2.75) is 11.4 Å². The number of aromatic nitrogens is 1. The van der Waals surface area contributed by atoms with E-state index in [0.29, 0.717) is 70.4 Å². The summed E-state index contributed by atoms with van der Waals surface area (Å²) in [6.45, 7) is 4.51. The molecule has 7 nitrogen and oxygen atoms in total. The molecule has 0 bridgehead atoms. The topological polar surface area (TPSA) is 66.0 Å². The molecule has 30 heavy (non-hydrogen) atoms. The van der Waals surface area contributed by atoms with Crippen LogP contribution in [0.2, 0.25) is 0 Å². The smallest absolute Gasteiger partial charge is 0.244 e. The predicted molar refractivity (Wildman–Crippen MR) is 108 cm³/mol. The summed E-state index contributed by atoms with van der Waals surface area (Å²) in [5.41, 5.74) is 0.347. The lowest BCUT2D eigenvalue weighted by Gasteiger charge is -2.35. The number of ether oxygens (including phenoxy) is 1. The van der Waals surface area contributed by atoms with Crippen molar-refractivity contribution in [1.82, 2.24) is 14.2 Å². The summed E-state index contributed by atoms with van der Waals surface area (Å²) in [6.07, 6.45) is 1.40. The van der Waals surface area contributed by atoms with Gasteiger partial charge in [0.1, 0.15) is 10.7 Å². The van der Waals surface area contributed by atoms with E-state index >= 15 is 0 Å². The molecule has 0 unspecified atom stereocenters. The van der Waals surface area contributed by atoms with E-state index in [1.54, 1.807) is 18.2 Å². The molecule has 2 aliphatic rings. The number of halogens is 2. The fraction of sp³-hybridized carbons (Fsp3) is 0.450. The molecule has 0 aliphatic carbocycles. The third kappa shape index (κ3) is 4.46. The van der Waals surface area contributed by atoms with Gasteiger partial charge in [-0.25, -0.2) is 22.2 Å². The maximum Gasteiger partial charge on any atom is 0.244 e. The standard InChI is InChI=1S/C20H24F2N4O3S/c21-18-3-1-2-16(20(18)22)15-24-6-8-25(9-7-24)19-5-4-17(14-23-19)30(27,28)26-10-12-29-13-11-26/h1-5,14H,6-13,15H2. The monoisotopic (exact) mass is 438 g/mol. The summed E-state index contributed by atoms with van der Waals surface area (Å²) in [4.78, 5) is 8.65. The van der Waals surface area contributed by atoms with Gasteiger partial charge in [-0.15, -0.1) is 0 Å². The lowest BCUT2D eigenvalue weighted by atomic mass is 10.1. The van der Waals surface area contributed by atoms with Crippen LogP contribution in [-0.2, 0) is 21.3 Å². The van der Waals surface area contributed by atoms with E-state index in [1.165, 1.54) is 16.6 Å². The van der Waals surface area contributed by atoms with Crippen LogP contribution in [0.3, 0.4) is 0 Å². The third-order valence-electron chi connectivity index (χ3n) is 5.45. The van der Waals surface area contributed by atoms with Gasteiger partial charge in [-0.3, -0.25) is 4.90 Å². The number of sulfonamides is 1. The average Bonchev–Trinajstić information content (AvgIpc) is 2.78. The van der Waals surface area contributed by atoms with Crippen LogP contribution in [0.15, 0.2) is 41.4 Å². The van der Waals surface area contributed by atoms with Crippen LogP contribution >= 0.6 is 0 Å². The van der Waals surface area contributed by atoms with Crippen molar-refractivity contribution in [2.75, 3.05) is 57.4 Å². The first kappa shape index (κ1) is 21.1. The molecule has 2 aliphatic heterocycles. The van der Waals surface area contributed by atoms with Gasteiger partial charge in [-0.1, -0.05) is 12.1 Å². The second kappa shape index (κ2) is 8.93. The first-order valence-corrected chi connectivity index (χ1v) is 11.3. The van der Waals surface area contributed by atoms with Crippen LogP contribution in [0.4, 0.5) is 14.6 Å². The molecule has 1 aromatic heterocycles. The van der Waals surface area contributed by atoms with Gasteiger partial charge in [0.05, 0.1) is 13.2 Å². The minimum Gasteiger partial charge on any atom is -0.379 e. The van der Waals surface area contributed by atoms with Crippen LogP contribution in [0.5, 0.6) is 0 Å². The molecule has 0 amide bonds. The Morgan fingerprint density at radius 2 is 1.70 bits per heavy atom. The predicted octanol–water partition coefficient (Wildman–Crippen LogP) is 1.70. The highest BCUT2D eigenvalue weighted by Gasteiger charge is 2.27. The largest absolute Gasteiger partial charge is 0.379 e. The average molecular weight is 439 g/mol. The van der Waals surface area contributed by atoms with Crippen molar-refractivity contribution in [2.24, 2.45) is 0 Å². The summed E-state index contributed by atoms with van der Waals surface area (Å²) in [6, 6.07) is 7.53. The summed E-state index contributed by atoms with van der Waals surface area (Å²) < 4.78 is 59.3. The summed E-state index contributed by atoms with van der Waals surface area (Å²) >= 11 is 0. The van der Waals surface area contributed by atoms with E-state index in [0.717, 1.165) is 6.07 Å². The Morgan fingerprint density at radius 3 is 2.37 bits per heavy atom.